The van der Waals surface area contributed by atoms with E-state index in [0.717, 1.165) is 0 Å². The van der Waals surface area contributed by atoms with Gasteiger partial charge in [-0.1, -0.05) is 0 Å². The van der Waals surface area contributed by atoms with Gasteiger partial charge in [0.25, 0.3) is 0 Å². The van der Waals surface area contributed by atoms with E-state index >= 15 is 0 Å². The highest BCUT2D eigenvalue weighted by molar-refractivity contribution is 5.78. The van der Waals surface area contributed by atoms with Crippen molar-refractivity contribution in [3.05, 3.63) is 48.0 Å². The molecule has 1 aromatic carbocycles. The summed E-state index contributed by atoms with van der Waals surface area (Å²) in [5.74, 6) is 0.0743. The van der Waals surface area contributed by atoms with Gasteiger partial charge in [0.05, 0.1) is 5.56 Å². The second-order valence-corrected chi connectivity index (χ2v) is 4.55. The number of ketones is 1. The maximum atomic E-state index is 13.1. The molecule has 3 rings (SSSR count). The quantitative estimate of drug-likeness (QED) is 0.733. The number of aromatic nitrogens is 2. The molecule has 0 bridgehead atoms. The van der Waals surface area contributed by atoms with Crippen LogP contribution in [0.1, 0.15) is 12.6 Å². The van der Waals surface area contributed by atoms with Gasteiger partial charge in [0, 0.05) is 24.4 Å². The van der Waals surface area contributed by atoms with Gasteiger partial charge in [-0.05, 0) is 31.2 Å². The number of hydrogen-bond acceptors (Lipinski definition) is 4. The van der Waals surface area contributed by atoms with Crippen molar-refractivity contribution in [3.63, 3.8) is 0 Å². The van der Waals surface area contributed by atoms with Crippen LogP contribution in [0.15, 0.2) is 40.9 Å². The zero-order valence-electron chi connectivity index (χ0n) is 10.8. The minimum absolute atomic E-state index is 0.0580. The monoisotopic (exact) mass is 270 g/mol. The van der Waals surface area contributed by atoms with Crippen molar-refractivity contribution in [3.8, 4) is 11.5 Å². The molecule has 20 heavy (non-hydrogen) atoms. The van der Waals surface area contributed by atoms with Gasteiger partial charge in [-0.3, -0.25) is 9.78 Å². The first-order valence-electron chi connectivity index (χ1n) is 6.12. The maximum Gasteiger partial charge on any atom is 0.228 e. The lowest BCUT2D eigenvalue weighted by Crippen LogP contribution is -1.98. The number of carbonyl (C=O) groups is 1. The molecule has 0 atom stereocenters. The third kappa shape index (κ3) is 2.42. The minimum atomic E-state index is -0.366. The third-order valence-electron chi connectivity index (χ3n) is 2.85. The van der Waals surface area contributed by atoms with Crippen LogP contribution in [-0.2, 0) is 11.2 Å². The highest BCUT2D eigenvalue weighted by atomic mass is 19.1. The van der Waals surface area contributed by atoms with Crippen LogP contribution in [0.3, 0.4) is 0 Å². The number of benzene rings is 1. The lowest BCUT2D eigenvalue weighted by molar-refractivity contribution is -0.116. The predicted molar refractivity (Wildman–Crippen MR) is 71.6 cm³/mol. The Bertz CT molecular complexity index is 778. The molecule has 3 aromatic rings. The normalized spacial score (nSPS) is 10.9. The molecule has 0 saturated heterocycles. The van der Waals surface area contributed by atoms with Crippen molar-refractivity contribution in [2.24, 2.45) is 0 Å². The zero-order chi connectivity index (χ0) is 14.1. The van der Waals surface area contributed by atoms with Crippen LogP contribution < -0.4 is 0 Å². The summed E-state index contributed by atoms with van der Waals surface area (Å²) in [6.07, 6.45) is 1.90. The summed E-state index contributed by atoms with van der Waals surface area (Å²) in [6, 6.07) is 7.74. The van der Waals surface area contributed by atoms with Crippen molar-refractivity contribution in [2.75, 3.05) is 0 Å². The van der Waals surface area contributed by atoms with E-state index in [4.69, 9.17) is 4.42 Å². The molecule has 0 aliphatic carbocycles. The first kappa shape index (κ1) is 12.5. The average molecular weight is 270 g/mol. The van der Waals surface area contributed by atoms with Gasteiger partial charge in [0.2, 0.25) is 5.89 Å². The van der Waals surface area contributed by atoms with E-state index in [1.807, 2.05) is 0 Å². The van der Waals surface area contributed by atoms with Gasteiger partial charge in [-0.15, -0.1) is 0 Å². The molecule has 100 valence electrons. The molecule has 0 spiro atoms. The number of oxazole rings is 1. The maximum absolute atomic E-state index is 13.1. The molecule has 0 saturated carbocycles. The highest BCUT2D eigenvalue weighted by Gasteiger charge is 2.09. The van der Waals surface area contributed by atoms with Crippen molar-refractivity contribution in [1.29, 1.82) is 0 Å². The fraction of sp³-hybridized carbons (Fsp3) is 0.133. The number of fused-ring (bicyclic) bond motifs is 1. The lowest BCUT2D eigenvalue weighted by atomic mass is 10.2. The van der Waals surface area contributed by atoms with Crippen LogP contribution in [-0.4, -0.2) is 15.8 Å². The Balaban J connectivity index is 1.96. The Kier molecular flexibility index (Phi) is 3.02. The smallest absolute Gasteiger partial charge is 0.228 e. The highest BCUT2D eigenvalue weighted by Crippen LogP contribution is 2.24. The van der Waals surface area contributed by atoms with Crippen LogP contribution >= 0.6 is 0 Å². The number of nitrogens with zero attached hydrogens (tertiary/aromatic N) is 2. The molecule has 0 aliphatic rings. The Hall–Kier alpha value is -2.56. The molecule has 0 fully saturated rings. The largest absolute Gasteiger partial charge is 0.436 e. The summed E-state index contributed by atoms with van der Waals surface area (Å²) < 4.78 is 18.6. The fourth-order valence-electron chi connectivity index (χ4n) is 1.93. The van der Waals surface area contributed by atoms with Crippen LogP contribution in [0, 0.1) is 5.82 Å². The van der Waals surface area contributed by atoms with Gasteiger partial charge in [-0.2, -0.15) is 0 Å². The number of carbonyl (C=O) groups excluding carboxylic acids is 1. The SMILES string of the molecule is CC(=O)Cc1ccc(-c2nc3ccc(F)cc3o2)cn1. The van der Waals surface area contributed by atoms with Crippen molar-refractivity contribution in [1.82, 2.24) is 9.97 Å². The summed E-state index contributed by atoms with van der Waals surface area (Å²) in [6.45, 7) is 1.52. The topological polar surface area (TPSA) is 56.0 Å². The molecule has 0 unspecified atom stereocenters. The number of Topliss-reactive ketones (excluding diaryl/α,β-unsaturated/α-hetero) is 1. The van der Waals surface area contributed by atoms with E-state index in [0.29, 0.717) is 34.7 Å². The van der Waals surface area contributed by atoms with E-state index < -0.39 is 0 Å². The van der Waals surface area contributed by atoms with Crippen molar-refractivity contribution in [2.45, 2.75) is 13.3 Å². The summed E-state index contributed by atoms with van der Waals surface area (Å²) in [5, 5.41) is 0. The summed E-state index contributed by atoms with van der Waals surface area (Å²) >= 11 is 0. The van der Waals surface area contributed by atoms with Gasteiger partial charge < -0.3 is 4.42 Å². The predicted octanol–water partition coefficient (Wildman–Crippen LogP) is 3.16. The molecule has 0 N–H and O–H groups in total. The standard InChI is InChI=1S/C15H11FN2O2/c1-9(19)6-12-4-2-10(8-17-12)15-18-13-5-3-11(16)7-14(13)20-15/h2-5,7-8H,6H2,1H3. The minimum Gasteiger partial charge on any atom is -0.436 e. The molecular weight excluding hydrogens is 259 g/mol. The molecule has 0 radical (unpaired) electrons. The van der Waals surface area contributed by atoms with E-state index in [9.17, 15) is 9.18 Å². The average Bonchev–Trinajstić information content (AvgIpc) is 2.81. The van der Waals surface area contributed by atoms with Gasteiger partial charge in [0.1, 0.15) is 17.1 Å². The number of halogens is 1. The molecule has 2 heterocycles. The van der Waals surface area contributed by atoms with Crippen molar-refractivity contribution >= 4 is 16.9 Å². The second kappa shape index (κ2) is 4.85. The molecule has 0 amide bonds. The molecule has 5 heteroatoms. The van der Waals surface area contributed by atoms with E-state index in [2.05, 4.69) is 9.97 Å². The van der Waals surface area contributed by atoms with E-state index in [-0.39, 0.29) is 11.6 Å². The Morgan fingerprint density at radius 3 is 2.85 bits per heavy atom. The number of rotatable bonds is 3. The summed E-state index contributed by atoms with van der Waals surface area (Å²) in [7, 11) is 0. The summed E-state index contributed by atoms with van der Waals surface area (Å²) in [4.78, 5) is 19.5. The van der Waals surface area contributed by atoms with Crippen molar-refractivity contribution < 1.29 is 13.6 Å². The Morgan fingerprint density at radius 2 is 2.15 bits per heavy atom. The van der Waals surface area contributed by atoms with E-state index in [1.165, 1.54) is 19.1 Å². The molecular formula is C15H11FN2O2. The van der Waals surface area contributed by atoms with Crippen LogP contribution in [0.2, 0.25) is 0 Å². The third-order valence-corrected chi connectivity index (χ3v) is 2.85. The first-order chi connectivity index (χ1) is 9.61. The Morgan fingerprint density at radius 1 is 1.30 bits per heavy atom. The van der Waals surface area contributed by atoms with Crippen LogP contribution in [0.25, 0.3) is 22.6 Å². The zero-order valence-corrected chi connectivity index (χ0v) is 10.8. The number of pyridine rings is 1. The number of hydrogen-bond donors (Lipinski definition) is 0. The molecule has 4 nitrogen and oxygen atoms in total. The van der Waals surface area contributed by atoms with Crippen LogP contribution in [0.5, 0.6) is 0 Å². The molecule has 0 aliphatic heterocycles. The van der Waals surface area contributed by atoms with Crippen LogP contribution in [0.4, 0.5) is 4.39 Å². The lowest BCUT2D eigenvalue weighted by Gasteiger charge is -1.98. The fourth-order valence-corrected chi connectivity index (χ4v) is 1.93. The van der Waals surface area contributed by atoms with E-state index in [1.54, 1.807) is 24.4 Å². The second-order valence-electron chi connectivity index (χ2n) is 4.55. The van der Waals surface area contributed by atoms with Gasteiger partial charge in [-0.25, -0.2) is 9.37 Å². The first-order valence-corrected chi connectivity index (χ1v) is 6.12. The van der Waals surface area contributed by atoms with Gasteiger partial charge in [0.15, 0.2) is 5.58 Å². The Labute approximate surface area is 114 Å². The molecule has 2 aromatic heterocycles. The van der Waals surface area contributed by atoms with Gasteiger partial charge >= 0.3 is 0 Å². The summed E-state index contributed by atoms with van der Waals surface area (Å²) in [5.41, 5.74) is 2.37.